The Hall–Kier alpha value is -1.56. The van der Waals surface area contributed by atoms with Gasteiger partial charge in [0.05, 0.1) is 13.2 Å². The van der Waals surface area contributed by atoms with Gasteiger partial charge in [-0.15, -0.1) is 0 Å². The highest BCUT2D eigenvalue weighted by Crippen LogP contribution is 2.00. The summed E-state index contributed by atoms with van der Waals surface area (Å²) < 4.78 is 5.34. The van der Waals surface area contributed by atoms with Gasteiger partial charge >= 0.3 is 0 Å². The van der Waals surface area contributed by atoms with Gasteiger partial charge in [-0.1, -0.05) is 48.2 Å². The molecule has 0 spiro atoms. The molecule has 0 radical (unpaired) electrons. The van der Waals surface area contributed by atoms with Gasteiger partial charge in [-0.25, -0.2) is 0 Å². The average molecular weight is 216 g/mol. The van der Waals surface area contributed by atoms with Gasteiger partial charge in [0.2, 0.25) is 0 Å². The van der Waals surface area contributed by atoms with Crippen LogP contribution in [0.25, 0.3) is 0 Å². The first-order chi connectivity index (χ1) is 7.83. The fraction of sp³-hybridized carbons (Fsp3) is 0.286. The molecule has 0 fully saturated rings. The van der Waals surface area contributed by atoms with Crippen LogP contribution in [0.2, 0.25) is 0 Å². The van der Waals surface area contributed by atoms with Gasteiger partial charge in [0.25, 0.3) is 0 Å². The van der Waals surface area contributed by atoms with Crippen LogP contribution in [0.3, 0.4) is 0 Å². The van der Waals surface area contributed by atoms with Crippen molar-refractivity contribution in [1.29, 1.82) is 0 Å². The Bertz CT molecular complexity index is 371. The molecule has 1 aromatic rings. The van der Waals surface area contributed by atoms with E-state index in [2.05, 4.69) is 11.8 Å². The van der Waals surface area contributed by atoms with Crippen LogP contribution in [0, 0.1) is 11.8 Å². The van der Waals surface area contributed by atoms with Crippen molar-refractivity contribution in [2.75, 3.05) is 6.61 Å². The van der Waals surface area contributed by atoms with E-state index in [0.29, 0.717) is 6.61 Å². The Labute approximate surface area is 96.6 Å². The molecule has 0 bridgehead atoms. The summed E-state index contributed by atoms with van der Waals surface area (Å²) in [5, 5.41) is 9.42. The number of benzene rings is 1. The molecule has 0 aliphatic carbocycles. The largest absolute Gasteiger partial charge is 0.378 e. The molecule has 0 aliphatic rings. The van der Waals surface area contributed by atoms with E-state index in [9.17, 15) is 5.11 Å². The summed E-state index contributed by atoms with van der Waals surface area (Å²) >= 11 is 0. The third kappa shape index (κ3) is 5.35. The Morgan fingerprint density at radius 1 is 1.38 bits per heavy atom. The SMILES string of the molecule is C/C=C\C#C[C@H](O)COCc1ccccc1. The Morgan fingerprint density at radius 2 is 2.12 bits per heavy atom. The fourth-order valence-electron chi connectivity index (χ4n) is 1.13. The number of allylic oxidation sites excluding steroid dienone is 2. The molecular weight excluding hydrogens is 200 g/mol. The van der Waals surface area contributed by atoms with Crippen LogP contribution in [0.5, 0.6) is 0 Å². The van der Waals surface area contributed by atoms with Crippen LogP contribution in [0.1, 0.15) is 12.5 Å². The monoisotopic (exact) mass is 216 g/mol. The molecule has 0 aliphatic heterocycles. The molecule has 1 rings (SSSR count). The van der Waals surface area contributed by atoms with Crippen molar-refractivity contribution >= 4 is 0 Å². The van der Waals surface area contributed by atoms with Crippen LogP contribution >= 0.6 is 0 Å². The minimum absolute atomic E-state index is 0.236. The van der Waals surface area contributed by atoms with E-state index in [0.717, 1.165) is 5.56 Å². The summed E-state index contributed by atoms with van der Waals surface area (Å²) in [6.07, 6.45) is 2.80. The quantitative estimate of drug-likeness (QED) is 0.781. The van der Waals surface area contributed by atoms with E-state index in [1.165, 1.54) is 0 Å². The van der Waals surface area contributed by atoms with Crippen molar-refractivity contribution < 1.29 is 9.84 Å². The fourth-order valence-corrected chi connectivity index (χ4v) is 1.13. The number of hydrogen-bond donors (Lipinski definition) is 1. The lowest BCUT2D eigenvalue weighted by Crippen LogP contribution is -2.12. The first kappa shape index (κ1) is 12.5. The molecule has 0 amide bonds. The normalized spacial score (nSPS) is 12.1. The molecular formula is C14H16O2. The second-order valence-electron chi connectivity index (χ2n) is 3.31. The van der Waals surface area contributed by atoms with Gasteiger partial charge in [0, 0.05) is 0 Å². The standard InChI is InChI=1S/C14H16O2/c1-2-3-5-10-14(15)12-16-11-13-8-6-4-7-9-13/h2-4,6-9,14-15H,11-12H2,1H3/b3-2-/t14-/m0/s1. The first-order valence-electron chi connectivity index (χ1n) is 5.25. The maximum Gasteiger partial charge on any atom is 0.138 e. The molecule has 84 valence electrons. The number of rotatable bonds is 4. The number of aliphatic hydroxyl groups is 1. The highest BCUT2D eigenvalue weighted by molar-refractivity contribution is 5.17. The third-order valence-corrected chi connectivity index (χ3v) is 1.89. The van der Waals surface area contributed by atoms with Crippen molar-refractivity contribution in [3.63, 3.8) is 0 Å². The Kier molecular flexibility index (Phi) is 6.02. The van der Waals surface area contributed by atoms with Crippen LogP contribution in [0.15, 0.2) is 42.5 Å². The van der Waals surface area contributed by atoms with Gasteiger partial charge in [0.15, 0.2) is 0 Å². The van der Waals surface area contributed by atoms with Crippen molar-refractivity contribution in [1.82, 2.24) is 0 Å². The summed E-state index contributed by atoms with van der Waals surface area (Å²) in [6, 6.07) is 9.85. The maximum absolute atomic E-state index is 9.42. The second kappa shape index (κ2) is 7.70. The molecule has 16 heavy (non-hydrogen) atoms. The lowest BCUT2D eigenvalue weighted by molar-refractivity contribution is 0.0544. The number of aliphatic hydroxyl groups excluding tert-OH is 1. The maximum atomic E-state index is 9.42. The molecule has 0 aromatic heterocycles. The molecule has 1 N–H and O–H groups in total. The van der Waals surface area contributed by atoms with E-state index in [4.69, 9.17) is 4.74 Å². The molecule has 2 heteroatoms. The summed E-state index contributed by atoms with van der Waals surface area (Å²) in [7, 11) is 0. The highest BCUT2D eigenvalue weighted by Gasteiger charge is 1.98. The van der Waals surface area contributed by atoms with E-state index in [1.807, 2.05) is 43.3 Å². The van der Waals surface area contributed by atoms with E-state index >= 15 is 0 Å². The zero-order valence-electron chi connectivity index (χ0n) is 9.39. The van der Waals surface area contributed by atoms with Crippen molar-refractivity contribution in [2.45, 2.75) is 19.6 Å². The highest BCUT2D eigenvalue weighted by atomic mass is 16.5. The molecule has 0 heterocycles. The van der Waals surface area contributed by atoms with Gasteiger partial charge in [-0.2, -0.15) is 0 Å². The minimum Gasteiger partial charge on any atom is -0.378 e. The number of ether oxygens (including phenoxy) is 1. The first-order valence-corrected chi connectivity index (χ1v) is 5.25. The summed E-state index contributed by atoms with van der Waals surface area (Å²) in [4.78, 5) is 0. The summed E-state index contributed by atoms with van der Waals surface area (Å²) in [5.41, 5.74) is 1.09. The molecule has 0 saturated heterocycles. The summed E-state index contributed by atoms with van der Waals surface area (Å²) in [5.74, 6) is 5.39. The molecule has 0 saturated carbocycles. The van der Waals surface area contributed by atoms with Crippen LogP contribution in [-0.2, 0) is 11.3 Å². The third-order valence-electron chi connectivity index (χ3n) is 1.89. The predicted molar refractivity (Wildman–Crippen MR) is 64.7 cm³/mol. The van der Waals surface area contributed by atoms with E-state index < -0.39 is 6.10 Å². The molecule has 0 unspecified atom stereocenters. The Balaban J connectivity index is 2.24. The van der Waals surface area contributed by atoms with Gasteiger partial charge in [-0.3, -0.25) is 0 Å². The van der Waals surface area contributed by atoms with Gasteiger partial charge in [-0.05, 0) is 18.6 Å². The topological polar surface area (TPSA) is 29.5 Å². The van der Waals surface area contributed by atoms with Crippen molar-refractivity contribution in [2.24, 2.45) is 0 Å². The lowest BCUT2D eigenvalue weighted by atomic mass is 10.2. The van der Waals surface area contributed by atoms with Crippen molar-refractivity contribution in [3.8, 4) is 11.8 Å². The van der Waals surface area contributed by atoms with Gasteiger partial charge < -0.3 is 9.84 Å². The van der Waals surface area contributed by atoms with Gasteiger partial charge in [0.1, 0.15) is 6.10 Å². The summed E-state index contributed by atoms with van der Waals surface area (Å²) in [6.45, 7) is 2.62. The van der Waals surface area contributed by atoms with E-state index in [-0.39, 0.29) is 6.61 Å². The zero-order valence-corrected chi connectivity index (χ0v) is 9.39. The minimum atomic E-state index is -0.722. The average Bonchev–Trinajstić information content (AvgIpc) is 2.31. The predicted octanol–water partition coefficient (Wildman–Crippen LogP) is 2.14. The molecule has 1 atom stereocenters. The Morgan fingerprint density at radius 3 is 2.81 bits per heavy atom. The molecule has 2 nitrogen and oxygen atoms in total. The zero-order chi connectivity index (χ0) is 11.6. The van der Waals surface area contributed by atoms with Crippen molar-refractivity contribution in [3.05, 3.63) is 48.0 Å². The lowest BCUT2D eigenvalue weighted by Gasteiger charge is -2.05. The second-order valence-corrected chi connectivity index (χ2v) is 3.31. The van der Waals surface area contributed by atoms with Crippen LogP contribution < -0.4 is 0 Å². The van der Waals surface area contributed by atoms with Crippen LogP contribution in [-0.4, -0.2) is 17.8 Å². The number of hydrogen-bond acceptors (Lipinski definition) is 2. The van der Waals surface area contributed by atoms with Crippen LogP contribution in [0.4, 0.5) is 0 Å². The molecule has 1 aromatic carbocycles. The van der Waals surface area contributed by atoms with E-state index in [1.54, 1.807) is 6.08 Å². The smallest absolute Gasteiger partial charge is 0.138 e.